The normalized spacial score (nSPS) is 19.1. The number of nitrogens with zero attached hydrogens (tertiary/aromatic N) is 1. The molecule has 1 atom stereocenters. The lowest BCUT2D eigenvalue weighted by Gasteiger charge is -2.19. The first-order chi connectivity index (χ1) is 7.00. The van der Waals surface area contributed by atoms with Crippen LogP contribution in [0.4, 0.5) is 0 Å². The number of nitrogens with one attached hydrogen (secondary N) is 1. The number of rotatable bonds is 5. The van der Waals surface area contributed by atoms with Crippen LogP contribution in [0.1, 0.15) is 26.7 Å². The number of carbonyl (C=O) groups excluding carboxylic acids is 2. The first-order valence-corrected chi connectivity index (χ1v) is 5.25. The minimum absolute atomic E-state index is 0.109. The van der Waals surface area contributed by atoms with Crippen LogP contribution in [0.15, 0.2) is 0 Å². The highest BCUT2D eigenvalue weighted by molar-refractivity contribution is 6.01. The Morgan fingerprint density at radius 2 is 1.87 bits per heavy atom. The molecule has 5 heteroatoms. The van der Waals surface area contributed by atoms with Crippen LogP contribution in [-0.4, -0.2) is 47.1 Å². The molecule has 0 aromatic rings. The predicted molar refractivity (Wildman–Crippen MR) is 55.1 cm³/mol. The summed E-state index contributed by atoms with van der Waals surface area (Å²) in [6.07, 6.45) is -0.120. The molecule has 2 N–H and O–H groups in total. The van der Waals surface area contributed by atoms with Crippen LogP contribution in [0.25, 0.3) is 0 Å². The first-order valence-electron chi connectivity index (χ1n) is 5.25. The van der Waals surface area contributed by atoms with Crippen molar-refractivity contribution in [2.45, 2.75) is 38.8 Å². The maximum absolute atomic E-state index is 11.2. The average Bonchev–Trinajstić information content (AvgIpc) is 2.46. The lowest BCUT2D eigenvalue weighted by atomic mass is 10.3. The Labute approximate surface area is 89.4 Å². The van der Waals surface area contributed by atoms with Crippen molar-refractivity contribution in [2.24, 2.45) is 0 Å². The zero-order valence-electron chi connectivity index (χ0n) is 9.19. The Bertz CT molecular complexity index is 237. The zero-order valence-corrected chi connectivity index (χ0v) is 9.19. The second kappa shape index (κ2) is 5.23. The van der Waals surface area contributed by atoms with Crippen molar-refractivity contribution >= 4 is 11.8 Å². The van der Waals surface area contributed by atoms with E-state index >= 15 is 0 Å². The Balaban J connectivity index is 2.33. The van der Waals surface area contributed by atoms with Crippen molar-refractivity contribution in [3.8, 4) is 0 Å². The number of hydrogen-bond donors (Lipinski definition) is 2. The van der Waals surface area contributed by atoms with Crippen molar-refractivity contribution in [1.82, 2.24) is 10.2 Å². The van der Waals surface area contributed by atoms with Gasteiger partial charge in [0.15, 0.2) is 0 Å². The number of aliphatic hydroxyl groups excluding tert-OH is 1. The number of carbonyl (C=O) groups is 2. The smallest absolute Gasteiger partial charge is 0.229 e. The zero-order chi connectivity index (χ0) is 11.4. The first kappa shape index (κ1) is 12.1. The van der Waals surface area contributed by atoms with Gasteiger partial charge in [-0.25, -0.2) is 0 Å². The molecule has 1 saturated heterocycles. The monoisotopic (exact) mass is 214 g/mol. The molecule has 0 radical (unpaired) electrons. The molecule has 0 saturated carbocycles. The lowest BCUT2D eigenvalue weighted by molar-refractivity contribution is -0.139. The Hall–Kier alpha value is -0.940. The van der Waals surface area contributed by atoms with Crippen molar-refractivity contribution in [1.29, 1.82) is 0 Å². The molecule has 1 fully saturated rings. The topological polar surface area (TPSA) is 69.6 Å². The number of β-amino-alcohol motifs (C(OH)–C–C–N with tert-alkyl or cyclic N) is 1. The molecule has 1 unspecified atom stereocenters. The molecule has 1 aliphatic heterocycles. The van der Waals surface area contributed by atoms with Gasteiger partial charge in [0.25, 0.3) is 0 Å². The molecule has 0 aromatic carbocycles. The number of imide groups is 1. The van der Waals surface area contributed by atoms with E-state index in [2.05, 4.69) is 5.32 Å². The molecule has 86 valence electrons. The summed E-state index contributed by atoms with van der Waals surface area (Å²) in [6, 6.07) is 0.282. The number of hydrogen-bond acceptors (Lipinski definition) is 4. The molecule has 0 aliphatic carbocycles. The summed E-state index contributed by atoms with van der Waals surface area (Å²) in [5.41, 5.74) is 0. The van der Waals surface area contributed by atoms with E-state index < -0.39 is 6.10 Å². The summed E-state index contributed by atoms with van der Waals surface area (Å²) in [7, 11) is 0. The third-order valence-electron chi connectivity index (χ3n) is 2.31. The van der Waals surface area contributed by atoms with Gasteiger partial charge in [-0.15, -0.1) is 0 Å². The van der Waals surface area contributed by atoms with E-state index in [1.54, 1.807) is 0 Å². The van der Waals surface area contributed by atoms with E-state index in [0.29, 0.717) is 6.54 Å². The fourth-order valence-corrected chi connectivity index (χ4v) is 1.47. The highest BCUT2D eigenvalue weighted by atomic mass is 16.3. The molecule has 1 aliphatic rings. The Morgan fingerprint density at radius 3 is 2.33 bits per heavy atom. The standard InChI is InChI=1S/C10H18N2O3/c1-7(2)11-5-8(13)6-12-9(14)3-4-10(12)15/h7-8,11,13H,3-6H2,1-2H3. The van der Waals surface area contributed by atoms with Crippen molar-refractivity contribution in [2.75, 3.05) is 13.1 Å². The molecule has 15 heavy (non-hydrogen) atoms. The summed E-state index contributed by atoms with van der Waals surface area (Å²) in [5, 5.41) is 12.6. The summed E-state index contributed by atoms with van der Waals surface area (Å²) in [4.78, 5) is 23.6. The van der Waals surface area contributed by atoms with Gasteiger partial charge in [-0.2, -0.15) is 0 Å². The molecule has 1 rings (SSSR count). The average molecular weight is 214 g/mol. The van der Waals surface area contributed by atoms with Crippen LogP contribution in [-0.2, 0) is 9.59 Å². The molecule has 2 amide bonds. The van der Waals surface area contributed by atoms with Gasteiger partial charge in [-0.3, -0.25) is 14.5 Å². The number of aliphatic hydroxyl groups is 1. The Morgan fingerprint density at radius 1 is 1.33 bits per heavy atom. The molecular weight excluding hydrogens is 196 g/mol. The van der Waals surface area contributed by atoms with E-state index in [0.717, 1.165) is 4.90 Å². The van der Waals surface area contributed by atoms with Gasteiger partial charge in [0.1, 0.15) is 0 Å². The van der Waals surface area contributed by atoms with Crippen LogP contribution in [0, 0.1) is 0 Å². The van der Waals surface area contributed by atoms with Gasteiger partial charge in [0.05, 0.1) is 12.6 Å². The second-order valence-corrected chi connectivity index (χ2v) is 4.11. The van der Waals surface area contributed by atoms with Crippen LogP contribution < -0.4 is 5.32 Å². The van der Waals surface area contributed by atoms with Crippen LogP contribution in [0.3, 0.4) is 0 Å². The molecule has 0 aromatic heterocycles. The van der Waals surface area contributed by atoms with Crippen molar-refractivity contribution in [3.05, 3.63) is 0 Å². The van der Waals surface area contributed by atoms with Crippen LogP contribution >= 0.6 is 0 Å². The SMILES string of the molecule is CC(C)NCC(O)CN1C(=O)CCC1=O. The highest BCUT2D eigenvalue weighted by Gasteiger charge is 2.30. The summed E-state index contributed by atoms with van der Waals surface area (Å²) in [6.45, 7) is 4.45. The minimum atomic E-state index is -0.682. The molecule has 0 bridgehead atoms. The number of amides is 2. The third kappa shape index (κ3) is 3.60. The van der Waals surface area contributed by atoms with E-state index in [-0.39, 0.29) is 37.2 Å². The van der Waals surface area contributed by atoms with Crippen molar-refractivity contribution < 1.29 is 14.7 Å². The highest BCUT2D eigenvalue weighted by Crippen LogP contribution is 2.11. The largest absolute Gasteiger partial charge is 0.390 e. The minimum Gasteiger partial charge on any atom is -0.390 e. The molecule has 5 nitrogen and oxygen atoms in total. The van der Waals surface area contributed by atoms with Crippen LogP contribution in [0.2, 0.25) is 0 Å². The van der Waals surface area contributed by atoms with E-state index in [9.17, 15) is 14.7 Å². The van der Waals surface area contributed by atoms with Crippen LogP contribution in [0.5, 0.6) is 0 Å². The fourth-order valence-electron chi connectivity index (χ4n) is 1.47. The fraction of sp³-hybridized carbons (Fsp3) is 0.800. The van der Waals surface area contributed by atoms with Gasteiger partial charge in [0.2, 0.25) is 11.8 Å². The Kier molecular flexibility index (Phi) is 4.23. The van der Waals surface area contributed by atoms with Gasteiger partial charge < -0.3 is 10.4 Å². The lowest BCUT2D eigenvalue weighted by Crippen LogP contribution is -2.42. The van der Waals surface area contributed by atoms with E-state index in [1.807, 2.05) is 13.8 Å². The molecular formula is C10H18N2O3. The van der Waals surface area contributed by atoms with Gasteiger partial charge in [-0.05, 0) is 0 Å². The van der Waals surface area contributed by atoms with E-state index in [4.69, 9.17) is 0 Å². The number of likely N-dealkylation sites (tertiary alicyclic amines) is 1. The second-order valence-electron chi connectivity index (χ2n) is 4.11. The summed E-state index contributed by atoms with van der Waals surface area (Å²) >= 11 is 0. The molecule has 1 heterocycles. The maximum Gasteiger partial charge on any atom is 0.229 e. The van der Waals surface area contributed by atoms with E-state index in [1.165, 1.54) is 0 Å². The van der Waals surface area contributed by atoms with Gasteiger partial charge in [0, 0.05) is 25.4 Å². The maximum atomic E-state index is 11.2. The third-order valence-corrected chi connectivity index (χ3v) is 2.31. The molecule has 0 spiro atoms. The quantitative estimate of drug-likeness (QED) is 0.605. The predicted octanol–water partition coefficient (Wildman–Crippen LogP) is -0.506. The van der Waals surface area contributed by atoms with Crippen molar-refractivity contribution in [3.63, 3.8) is 0 Å². The summed E-state index contributed by atoms with van der Waals surface area (Å²) < 4.78 is 0. The van der Waals surface area contributed by atoms with Gasteiger partial charge >= 0.3 is 0 Å². The summed E-state index contributed by atoms with van der Waals surface area (Å²) in [5.74, 6) is -0.354. The van der Waals surface area contributed by atoms with Gasteiger partial charge in [-0.1, -0.05) is 13.8 Å².